The largest absolute Gasteiger partial charge is 0.470 e. The van der Waals surface area contributed by atoms with Gasteiger partial charge in [0.15, 0.2) is 0 Å². The highest BCUT2D eigenvalue weighted by atomic mass is 19.4. The minimum Gasteiger partial charge on any atom is -0.448 e. The summed E-state index contributed by atoms with van der Waals surface area (Å²) in [6.45, 7) is 0. The molecule has 0 aromatic rings. The van der Waals surface area contributed by atoms with Crippen molar-refractivity contribution in [3.05, 3.63) is 12.1 Å². The van der Waals surface area contributed by atoms with Crippen molar-refractivity contribution in [2.24, 2.45) is 0 Å². The molecule has 0 bridgehead atoms. The van der Waals surface area contributed by atoms with E-state index in [4.69, 9.17) is 0 Å². The monoisotopic (exact) mass is 298 g/mol. The van der Waals surface area contributed by atoms with E-state index in [9.17, 15) is 48.3 Å². The van der Waals surface area contributed by atoms with Gasteiger partial charge in [-0.3, -0.25) is 0 Å². The average Bonchev–Trinajstić information content (AvgIpc) is 2.07. The van der Waals surface area contributed by atoms with Gasteiger partial charge in [-0.15, -0.1) is 0 Å². The summed E-state index contributed by atoms with van der Waals surface area (Å²) >= 11 is 0. The van der Waals surface area contributed by atoms with Gasteiger partial charge in [0.25, 0.3) is 0 Å². The number of hydrogen-bond donors (Lipinski definition) is 0. The van der Waals surface area contributed by atoms with Gasteiger partial charge in [-0.1, -0.05) is 0 Å². The Bertz CT molecular complexity index is 304. The standard InChI is InChI=1S/C6HF11O/c7-2(3(8,9)10)1-18-4(11,5(12,13)14)6(15,16)17/h1H. The molecule has 0 radical (unpaired) electrons. The molecule has 0 unspecified atom stereocenters. The number of ether oxygens (including phenoxy) is 1. The number of hydrogen-bond acceptors (Lipinski definition) is 1. The first-order chi connectivity index (χ1) is 7.63. The SMILES string of the molecule is FC(=COC(F)(C(F)(F)F)C(F)(F)F)C(F)(F)F. The average molecular weight is 298 g/mol. The van der Waals surface area contributed by atoms with E-state index in [1.54, 1.807) is 0 Å². The first-order valence-electron chi connectivity index (χ1n) is 3.56. The fraction of sp³-hybridized carbons (Fsp3) is 0.667. The van der Waals surface area contributed by atoms with E-state index in [1.807, 2.05) is 0 Å². The highest BCUT2D eigenvalue weighted by molar-refractivity contribution is 4.97. The van der Waals surface area contributed by atoms with Crippen LogP contribution in [-0.4, -0.2) is 24.4 Å². The lowest BCUT2D eigenvalue weighted by Crippen LogP contribution is -2.54. The van der Waals surface area contributed by atoms with Gasteiger partial charge < -0.3 is 4.74 Å². The van der Waals surface area contributed by atoms with E-state index >= 15 is 0 Å². The van der Waals surface area contributed by atoms with Crippen LogP contribution in [0.3, 0.4) is 0 Å². The predicted molar refractivity (Wildman–Crippen MR) is 32.3 cm³/mol. The summed E-state index contributed by atoms with van der Waals surface area (Å²) in [5, 5.41) is 0. The van der Waals surface area contributed by atoms with E-state index in [1.165, 1.54) is 0 Å². The smallest absolute Gasteiger partial charge is 0.448 e. The first-order valence-corrected chi connectivity index (χ1v) is 3.56. The quantitative estimate of drug-likeness (QED) is 0.549. The van der Waals surface area contributed by atoms with Gasteiger partial charge in [-0.2, -0.15) is 48.3 Å². The van der Waals surface area contributed by atoms with Gasteiger partial charge in [0.05, 0.1) is 0 Å². The summed E-state index contributed by atoms with van der Waals surface area (Å²) < 4.78 is 131. The van der Waals surface area contributed by atoms with Crippen LogP contribution in [0, 0.1) is 0 Å². The van der Waals surface area contributed by atoms with Crippen LogP contribution in [0.15, 0.2) is 12.1 Å². The Kier molecular flexibility index (Phi) is 4.16. The van der Waals surface area contributed by atoms with Crippen LogP contribution in [0.5, 0.6) is 0 Å². The second kappa shape index (κ2) is 4.46. The third-order valence-corrected chi connectivity index (χ3v) is 1.32. The zero-order chi connectivity index (χ0) is 15.0. The first kappa shape index (κ1) is 16.8. The third-order valence-electron chi connectivity index (χ3n) is 1.32. The molecule has 18 heavy (non-hydrogen) atoms. The summed E-state index contributed by atoms with van der Waals surface area (Å²) in [7, 11) is 0. The van der Waals surface area contributed by atoms with Crippen LogP contribution in [-0.2, 0) is 4.74 Å². The summed E-state index contributed by atoms with van der Waals surface area (Å²) in [4.78, 5) is 0. The number of alkyl halides is 10. The summed E-state index contributed by atoms with van der Waals surface area (Å²) in [6, 6.07) is 0. The Hall–Kier alpha value is -1.23. The van der Waals surface area contributed by atoms with Crippen LogP contribution in [0.1, 0.15) is 0 Å². The van der Waals surface area contributed by atoms with E-state index in [0.717, 1.165) is 0 Å². The molecular weight excluding hydrogens is 297 g/mol. The number of allylic oxidation sites excluding steroid dienone is 1. The molecule has 0 atom stereocenters. The van der Waals surface area contributed by atoms with Gasteiger partial charge in [0.2, 0.25) is 5.83 Å². The summed E-state index contributed by atoms with van der Waals surface area (Å²) in [5.74, 6) is -9.90. The van der Waals surface area contributed by atoms with Crippen molar-refractivity contribution in [3.63, 3.8) is 0 Å². The van der Waals surface area contributed by atoms with Crippen molar-refractivity contribution in [2.75, 3.05) is 0 Å². The van der Waals surface area contributed by atoms with Gasteiger partial charge >= 0.3 is 24.4 Å². The molecule has 1 nitrogen and oxygen atoms in total. The van der Waals surface area contributed by atoms with Gasteiger partial charge in [-0.25, -0.2) is 0 Å². The van der Waals surface area contributed by atoms with E-state index in [-0.39, 0.29) is 0 Å². The minimum atomic E-state index is -6.74. The van der Waals surface area contributed by atoms with E-state index in [2.05, 4.69) is 4.74 Å². The molecule has 0 N–H and O–H groups in total. The number of rotatable bonds is 2. The van der Waals surface area contributed by atoms with Crippen molar-refractivity contribution < 1.29 is 53.0 Å². The van der Waals surface area contributed by atoms with Crippen molar-refractivity contribution >= 4 is 0 Å². The molecule has 0 aliphatic heterocycles. The van der Waals surface area contributed by atoms with Crippen LogP contribution >= 0.6 is 0 Å². The summed E-state index contributed by atoms with van der Waals surface area (Å²) in [6.07, 6.45) is -21.0. The second-order valence-electron chi connectivity index (χ2n) is 2.67. The topological polar surface area (TPSA) is 9.23 Å². The molecule has 0 rings (SSSR count). The Labute approximate surface area is 90.8 Å². The Morgan fingerprint density at radius 1 is 0.722 bits per heavy atom. The molecule has 108 valence electrons. The molecule has 0 saturated heterocycles. The third kappa shape index (κ3) is 3.38. The fourth-order valence-electron chi connectivity index (χ4n) is 0.494. The lowest BCUT2D eigenvalue weighted by molar-refractivity contribution is -0.418. The molecule has 0 fully saturated rings. The lowest BCUT2D eigenvalue weighted by atomic mass is 10.3. The maximum atomic E-state index is 12.5. The molecule has 0 aromatic heterocycles. The van der Waals surface area contributed by atoms with Gasteiger partial charge in [-0.05, 0) is 0 Å². The Morgan fingerprint density at radius 3 is 1.28 bits per heavy atom. The zero-order valence-electron chi connectivity index (χ0n) is 7.64. The Balaban J connectivity index is 5.34. The van der Waals surface area contributed by atoms with Crippen molar-refractivity contribution in [2.45, 2.75) is 24.4 Å². The Morgan fingerprint density at radius 2 is 1.06 bits per heavy atom. The molecular formula is C6HF11O. The maximum Gasteiger partial charge on any atom is 0.470 e. The molecule has 0 amide bonds. The minimum absolute atomic E-state index is 1.64. The second-order valence-corrected chi connectivity index (χ2v) is 2.67. The molecule has 0 aliphatic rings. The zero-order valence-corrected chi connectivity index (χ0v) is 7.64. The van der Waals surface area contributed by atoms with Crippen molar-refractivity contribution in [3.8, 4) is 0 Å². The van der Waals surface area contributed by atoms with Crippen molar-refractivity contribution in [1.29, 1.82) is 0 Å². The molecule has 0 spiro atoms. The van der Waals surface area contributed by atoms with Crippen LogP contribution < -0.4 is 0 Å². The van der Waals surface area contributed by atoms with Crippen molar-refractivity contribution in [1.82, 2.24) is 0 Å². The highest BCUT2D eigenvalue weighted by Gasteiger charge is 2.75. The fourth-order valence-corrected chi connectivity index (χ4v) is 0.494. The van der Waals surface area contributed by atoms with Gasteiger partial charge in [0.1, 0.15) is 6.26 Å². The van der Waals surface area contributed by atoms with Crippen LogP contribution in [0.2, 0.25) is 0 Å². The maximum absolute atomic E-state index is 12.5. The lowest BCUT2D eigenvalue weighted by Gasteiger charge is -2.28. The molecule has 0 heterocycles. The van der Waals surface area contributed by atoms with Crippen LogP contribution in [0.25, 0.3) is 0 Å². The highest BCUT2D eigenvalue weighted by Crippen LogP contribution is 2.47. The molecule has 0 aliphatic carbocycles. The van der Waals surface area contributed by atoms with Gasteiger partial charge in [0, 0.05) is 0 Å². The molecule has 0 aromatic carbocycles. The normalized spacial score (nSPS) is 15.8. The number of halogens is 11. The molecule has 12 heteroatoms. The predicted octanol–water partition coefficient (Wildman–Crippen LogP) is 4.17. The molecule has 0 saturated carbocycles. The van der Waals surface area contributed by atoms with E-state index < -0.39 is 36.5 Å². The van der Waals surface area contributed by atoms with Crippen LogP contribution in [0.4, 0.5) is 48.3 Å². The van der Waals surface area contributed by atoms with E-state index in [0.29, 0.717) is 0 Å². The summed E-state index contributed by atoms with van der Waals surface area (Å²) in [5.41, 5.74) is 0.